The van der Waals surface area contributed by atoms with Gasteiger partial charge in [0.05, 0.1) is 5.02 Å². The maximum atomic E-state index is 13.1. The fraction of sp³-hybridized carbons (Fsp3) is 0.333. The van der Waals surface area contributed by atoms with Gasteiger partial charge in [-0.3, -0.25) is 0 Å². The Kier molecular flexibility index (Phi) is 7.99. The van der Waals surface area contributed by atoms with Crippen molar-refractivity contribution in [3.05, 3.63) is 62.8 Å². The largest absolute Gasteiger partial charge is 0.489 e. The summed E-state index contributed by atoms with van der Waals surface area (Å²) in [7, 11) is 1.70. The molecule has 2 aromatic rings. The monoisotopic (exact) mass is 415 g/mol. The summed E-state index contributed by atoms with van der Waals surface area (Å²) in [5.41, 5.74) is 1.79. The van der Waals surface area contributed by atoms with Crippen LogP contribution in [0.15, 0.2) is 40.9 Å². The zero-order valence-corrected chi connectivity index (χ0v) is 15.8. The van der Waals surface area contributed by atoms with Crippen molar-refractivity contribution in [3.8, 4) is 5.75 Å². The highest BCUT2D eigenvalue weighted by Gasteiger charge is 2.07. The molecule has 0 saturated carbocycles. The van der Waals surface area contributed by atoms with Gasteiger partial charge in [0.25, 0.3) is 0 Å². The SMILES string of the molecule is COCCCNCc1cc(Br)ccc1OCc1ccc(F)cc1Cl. The summed E-state index contributed by atoms with van der Waals surface area (Å²) < 4.78 is 25.0. The van der Waals surface area contributed by atoms with Crippen molar-refractivity contribution in [1.82, 2.24) is 5.32 Å². The minimum Gasteiger partial charge on any atom is -0.489 e. The molecule has 0 aliphatic carbocycles. The second kappa shape index (κ2) is 9.99. The zero-order chi connectivity index (χ0) is 17.4. The summed E-state index contributed by atoms with van der Waals surface area (Å²) in [6.45, 7) is 2.58. The van der Waals surface area contributed by atoms with Crippen LogP contribution in [0.3, 0.4) is 0 Å². The van der Waals surface area contributed by atoms with Crippen LogP contribution in [-0.4, -0.2) is 20.3 Å². The van der Waals surface area contributed by atoms with Gasteiger partial charge in [-0.1, -0.05) is 33.6 Å². The lowest BCUT2D eigenvalue weighted by atomic mass is 10.2. The van der Waals surface area contributed by atoms with Gasteiger partial charge in [-0.25, -0.2) is 4.39 Å². The lowest BCUT2D eigenvalue weighted by Gasteiger charge is -2.13. The summed E-state index contributed by atoms with van der Waals surface area (Å²) in [5, 5.41) is 3.73. The second-order valence-corrected chi connectivity index (χ2v) is 6.62. The Labute approximate surface area is 155 Å². The molecular weight excluding hydrogens is 397 g/mol. The molecule has 6 heteroatoms. The van der Waals surface area contributed by atoms with Crippen LogP contribution < -0.4 is 10.1 Å². The molecule has 0 aliphatic rings. The maximum absolute atomic E-state index is 13.1. The molecule has 0 heterocycles. The average Bonchev–Trinajstić information content (AvgIpc) is 2.55. The Hall–Kier alpha value is -1.14. The van der Waals surface area contributed by atoms with Crippen molar-refractivity contribution in [2.24, 2.45) is 0 Å². The van der Waals surface area contributed by atoms with Gasteiger partial charge in [-0.15, -0.1) is 0 Å². The molecule has 1 N–H and O–H groups in total. The standard InChI is InChI=1S/C18H20BrClFNO2/c1-23-8-2-7-22-11-14-9-15(19)4-6-18(14)24-12-13-3-5-16(21)10-17(13)20/h3-6,9-10,22H,2,7-8,11-12H2,1H3. The molecule has 3 nitrogen and oxygen atoms in total. The molecule has 0 saturated heterocycles. The Bertz CT molecular complexity index is 669. The summed E-state index contributed by atoms with van der Waals surface area (Å²) in [5.74, 6) is 0.422. The van der Waals surface area contributed by atoms with E-state index in [2.05, 4.69) is 21.2 Å². The highest BCUT2D eigenvalue weighted by atomic mass is 79.9. The molecular formula is C18H20BrClFNO2. The van der Waals surface area contributed by atoms with Crippen molar-refractivity contribution in [1.29, 1.82) is 0 Å². The van der Waals surface area contributed by atoms with E-state index in [1.54, 1.807) is 13.2 Å². The van der Waals surface area contributed by atoms with E-state index in [1.807, 2.05) is 18.2 Å². The smallest absolute Gasteiger partial charge is 0.124 e. The van der Waals surface area contributed by atoms with E-state index >= 15 is 0 Å². The molecule has 0 unspecified atom stereocenters. The van der Waals surface area contributed by atoms with E-state index in [9.17, 15) is 4.39 Å². The Morgan fingerprint density at radius 3 is 2.75 bits per heavy atom. The number of rotatable bonds is 9. The van der Waals surface area contributed by atoms with E-state index in [0.717, 1.165) is 40.9 Å². The Morgan fingerprint density at radius 1 is 1.17 bits per heavy atom. The minimum atomic E-state index is -0.353. The van der Waals surface area contributed by atoms with Crippen LogP contribution in [0, 0.1) is 5.82 Å². The Morgan fingerprint density at radius 2 is 2.00 bits per heavy atom. The molecule has 0 amide bonds. The molecule has 0 fully saturated rings. The van der Waals surface area contributed by atoms with E-state index in [4.69, 9.17) is 21.1 Å². The third-order valence-corrected chi connectivity index (χ3v) is 4.28. The quantitative estimate of drug-likeness (QED) is 0.587. The molecule has 130 valence electrons. The van der Waals surface area contributed by atoms with Crippen LogP contribution in [0.5, 0.6) is 5.75 Å². The molecule has 0 bridgehead atoms. The highest BCUT2D eigenvalue weighted by molar-refractivity contribution is 9.10. The number of hydrogen-bond acceptors (Lipinski definition) is 3. The maximum Gasteiger partial charge on any atom is 0.124 e. The van der Waals surface area contributed by atoms with Crippen LogP contribution >= 0.6 is 27.5 Å². The predicted molar refractivity (Wildman–Crippen MR) is 98.1 cm³/mol. The van der Waals surface area contributed by atoms with Crippen LogP contribution in [0.1, 0.15) is 17.5 Å². The van der Waals surface area contributed by atoms with Crippen LogP contribution in [0.2, 0.25) is 5.02 Å². The first-order chi connectivity index (χ1) is 11.6. The summed E-state index contributed by atoms with van der Waals surface area (Å²) in [6.07, 6.45) is 0.950. The number of benzene rings is 2. The summed E-state index contributed by atoms with van der Waals surface area (Å²) in [4.78, 5) is 0. The van der Waals surface area contributed by atoms with Crippen LogP contribution in [0.4, 0.5) is 4.39 Å². The lowest BCUT2D eigenvalue weighted by molar-refractivity contribution is 0.194. The van der Waals surface area contributed by atoms with Crippen molar-refractivity contribution >= 4 is 27.5 Å². The molecule has 0 spiro atoms. The second-order valence-electron chi connectivity index (χ2n) is 5.30. The van der Waals surface area contributed by atoms with Crippen LogP contribution in [0.25, 0.3) is 0 Å². The zero-order valence-electron chi connectivity index (χ0n) is 13.5. The third-order valence-electron chi connectivity index (χ3n) is 3.44. The first kappa shape index (κ1) is 19.2. The van der Waals surface area contributed by atoms with Crippen molar-refractivity contribution < 1.29 is 13.9 Å². The van der Waals surface area contributed by atoms with Crippen molar-refractivity contribution in [2.45, 2.75) is 19.6 Å². The van der Waals surface area contributed by atoms with Gasteiger partial charge in [0.1, 0.15) is 18.2 Å². The Balaban J connectivity index is 1.98. The first-order valence-corrected chi connectivity index (χ1v) is 8.82. The fourth-order valence-electron chi connectivity index (χ4n) is 2.19. The number of hydrogen-bond donors (Lipinski definition) is 1. The van der Waals surface area contributed by atoms with Gasteiger partial charge >= 0.3 is 0 Å². The van der Waals surface area contributed by atoms with E-state index in [0.29, 0.717) is 11.6 Å². The van der Waals surface area contributed by atoms with E-state index in [1.165, 1.54) is 12.1 Å². The number of ether oxygens (including phenoxy) is 2. The van der Waals surface area contributed by atoms with Crippen molar-refractivity contribution in [3.63, 3.8) is 0 Å². The number of halogens is 3. The molecule has 0 atom stereocenters. The van der Waals surface area contributed by atoms with Gasteiger partial charge < -0.3 is 14.8 Å². The predicted octanol–water partition coefficient (Wildman–Crippen LogP) is 4.95. The number of nitrogens with one attached hydrogen (secondary N) is 1. The molecule has 2 rings (SSSR count). The molecule has 24 heavy (non-hydrogen) atoms. The van der Waals surface area contributed by atoms with Gasteiger partial charge in [0.2, 0.25) is 0 Å². The molecule has 0 aliphatic heterocycles. The van der Waals surface area contributed by atoms with Gasteiger partial charge in [-0.2, -0.15) is 0 Å². The molecule has 2 aromatic carbocycles. The molecule has 0 aromatic heterocycles. The third kappa shape index (κ3) is 6.06. The van der Waals surface area contributed by atoms with Gasteiger partial charge in [0.15, 0.2) is 0 Å². The normalized spacial score (nSPS) is 10.8. The lowest BCUT2D eigenvalue weighted by Crippen LogP contribution is -2.16. The highest BCUT2D eigenvalue weighted by Crippen LogP contribution is 2.25. The average molecular weight is 417 g/mol. The van der Waals surface area contributed by atoms with Gasteiger partial charge in [0, 0.05) is 35.9 Å². The molecule has 0 radical (unpaired) electrons. The van der Waals surface area contributed by atoms with Crippen molar-refractivity contribution in [2.75, 3.05) is 20.3 Å². The first-order valence-electron chi connectivity index (χ1n) is 7.65. The van der Waals surface area contributed by atoms with Crippen LogP contribution in [-0.2, 0) is 17.9 Å². The number of methoxy groups -OCH3 is 1. The topological polar surface area (TPSA) is 30.5 Å². The van der Waals surface area contributed by atoms with Gasteiger partial charge in [-0.05, 0) is 43.3 Å². The fourth-order valence-corrected chi connectivity index (χ4v) is 2.82. The van der Waals surface area contributed by atoms with E-state index in [-0.39, 0.29) is 12.4 Å². The van der Waals surface area contributed by atoms with E-state index < -0.39 is 0 Å². The summed E-state index contributed by atoms with van der Waals surface area (Å²) >= 11 is 9.52. The summed E-state index contributed by atoms with van der Waals surface area (Å²) in [6, 6.07) is 10.2. The minimum absolute atomic E-state index is 0.289.